The monoisotopic (exact) mass is 322 g/mol. The molecule has 0 heterocycles. The summed E-state index contributed by atoms with van der Waals surface area (Å²) in [6, 6.07) is 0. The van der Waals surface area contributed by atoms with Crippen molar-refractivity contribution in [2.75, 3.05) is 0 Å². The molecule has 0 aliphatic carbocycles. The van der Waals surface area contributed by atoms with Gasteiger partial charge in [-0.05, 0) is 0 Å². The van der Waals surface area contributed by atoms with E-state index in [2.05, 4.69) is 0 Å². The van der Waals surface area contributed by atoms with Crippen molar-refractivity contribution in [3.63, 3.8) is 0 Å². The Hall–Kier alpha value is 0.642. The zero-order chi connectivity index (χ0) is 10.7. The zero-order valence-corrected chi connectivity index (χ0v) is 14.2. The predicted octanol–water partition coefficient (Wildman–Crippen LogP) is -9.89. The number of hydrogen-bond donors (Lipinski definition) is 0. The third-order valence-corrected chi connectivity index (χ3v) is 0. The van der Waals surface area contributed by atoms with E-state index in [1.165, 1.54) is 0 Å². The van der Waals surface area contributed by atoms with Crippen molar-refractivity contribution in [3.05, 3.63) is 0 Å². The van der Waals surface area contributed by atoms with Crippen molar-refractivity contribution in [2.24, 2.45) is 0 Å². The molecule has 0 aromatic carbocycles. The molecular weight excluding hydrogens is 323 g/mol. The van der Waals surface area contributed by atoms with Crippen LogP contribution in [0, 0.1) is 0 Å². The van der Waals surface area contributed by atoms with Gasteiger partial charge in [-0.15, -0.1) is 0 Å². The van der Waals surface area contributed by atoms with E-state index in [-0.39, 0.29) is 63.3 Å². The van der Waals surface area contributed by atoms with Crippen molar-refractivity contribution >= 4 is 85.3 Å². The Morgan fingerprint density at radius 1 is 0.562 bits per heavy atom. The van der Waals surface area contributed by atoms with Crippen LogP contribution in [0.4, 0.5) is 0 Å². The average molecular weight is 323 g/mol. The SMILES string of the molecule is O=[Si]([O-])[O-].O=[Si]([O-])[O-].O=[Si]([O-])[O-].[Al+3].[Al+3].[Mg+2].[O-2]. The molecular formula is Al2MgO10Si3. The Balaban J connectivity index is -0.0000000135. The Morgan fingerprint density at radius 3 is 0.562 bits per heavy atom. The van der Waals surface area contributed by atoms with Gasteiger partial charge in [-0.25, -0.2) is 0 Å². The van der Waals surface area contributed by atoms with Gasteiger partial charge in [-0.1, -0.05) is 0 Å². The van der Waals surface area contributed by atoms with Crippen molar-refractivity contribution in [2.45, 2.75) is 0 Å². The second-order valence-corrected chi connectivity index (χ2v) is 2.25. The fourth-order valence-electron chi connectivity index (χ4n) is 0. The standard InChI is InChI=1S/2Al.Mg.3O3Si.O/c;;;3*1-4(2)3;/q2*+3;+2;4*-2. The molecule has 0 aliphatic rings. The van der Waals surface area contributed by atoms with Gasteiger partial charge < -0.3 is 47.6 Å². The summed E-state index contributed by atoms with van der Waals surface area (Å²) in [6.45, 7) is 0. The van der Waals surface area contributed by atoms with Crippen LogP contribution in [0.2, 0.25) is 0 Å². The van der Waals surface area contributed by atoms with Gasteiger partial charge in [0.15, 0.2) is 0 Å². The van der Waals surface area contributed by atoms with Gasteiger partial charge in [-0.2, -0.15) is 0 Å². The normalized spacial score (nSPS) is 4.50. The molecule has 0 aliphatic heterocycles. The molecule has 0 fully saturated rings. The minimum atomic E-state index is -3.63. The predicted molar refractivity (Wildman–Crippen MR) is 37.3 cm³/mol. The molecule has 0 saturated carbocycles. The molecule has 10 nitrogen and oxygen atoms in total. The number of rotatable bonds is 0. The topological polar surface area (TPSA) is 218 Å². The third-order valence-electron chi connectivity index (χ3n) is 0. The third kappa shape index (κ3) is 6610. The minimum Gasteiger partial charge on any atom is -2.00 e. The molecule has 0 amide bonds. The van der Waals surface area contributed by atoms with Crippen LogP contribution in [-0.2, 0) is 18.9 Å². The van der Waals surface area contributed by atoms with E-state index < -0.39 is 27.5 Å². The van der Waals surface area contributed by atoms with Gasteiger partial charge in [0.1, 0.15) is 0 Å². The Kier molecular flexibility index (Phi) is 98.7. The molecule has 0 unspecified atom stereocenters. The maximum absolute atomic E-state index is 8.52. The minimum absolute atomic E-state index is 0. The molecule has 0 rings (SSSR count). The Bertz CT molecular complexity index is 122. The van der Waals surface area contributed by atoms with E-state index >= 15 is 0 Å². The molecule has 0 radical (unpaired) electrons. The molecule has 0 N–H and O–H groups in total. The summed E-state index contributed by atoms with van der Waals surface area (Å²) in [7, 11) is -10.9. The summed E-state index contributed by atoms with van der Waals surface area (Å²) in [5, 5.41) is 0. The first-order chi connectivity index (χ1) is 5.20. The Morgan fingerprint density at radius 2 is 0.562 bits per heavy atom. The van der Waals surface area contributed by atoms with Gasteiger partial charge >= 0.3 is 57.8 Å². The second kappa shape index (κ2) is 36.1. The van der Waals surface area contributed by atoms with E-state index in [0.717, 1.165) is 0 Å². The van der Waals surface area contributed by atoms with E-state index in [0.29, 0.717) is 0 Å². The van der Waals surface area contributed by atoms with Crippen molar-refractivity contribution in [1.29, 1.82) is 0 Å². The molecule has 0 saturated heterocycles. The van der Waals surface area contributed by atoms with E-state index in [4.69, 9.17) is 42.2 Å². The zero-order valence-electron chi connectivity index (χ0n) is 7.44. The molecule has 0 spiro atoms. The quantitative estimate of drug-likeness (QED) is 0.386. The van der Waals surface area contributed by atoms with E-state index in [9.17, 15) is 0 Å². The van der Waals surface area contributed by atoms with Gasteiger partial charge in [0.25, 0.3) is 0 Å². The second-order valence-electron chi connectivity index (χ2n) is 0.750. The van der Waals surface area contributed by atoms with Crippen LogP contribution < -0.4 is 28.8 Å². The molecule has 16 heavy (non-hydrogen) atoms. The van der Waals surface area contributed by atoms with Crippen LogP contribution in [-0.4, -0.2) is 85.3 Å². The molecule has 0 aromatic rings. The van der Waals surface area contributed by atoms with Crippen LogP contribution in [0.25, 0.3) is 0 Å². The van der Waals surface area contributed by atoms with Crippen LogP contribution in [0.1, 0.15) is 0 Å². The molecule has 0 atom stereocenters. The van der Waals surface area contributed by atoms with Gasteiger partial charge in [0, 0.05) is 27.5 Å². The summed E-state index contributed by atoms with van der Waals surface area (Å²) in [5.41, 5.74) is 0. The first-order valence-corrected chi connectivity index (χ1v) is 5.51. The molecule has 16 heteroatoms. The molecule has 0 bridgehead atoms. The summed E-state index contributed by atoms with van der Waals surface area (Å²) in [6.07, 6.45) is 0. The van der Waals surface area contributed by atoms with Crippen LogP contribution >= 0.6 is 0 Å². The largest absolute Gasteiger partial charge is 3.00 e. The first kappa shape index (κ1) is 43.8. The van der Waals surface area contributed by atoms with E-state index in [1.54, 1.807) is 0 Å². The van der Waals surface area contributed by atoms with Gasteiger partial charge in [0.05, 0.1) is 0 Å². The Labute approximate surface area is 132 Å². The van der Waals surface area contributed by atoms with Gasteiger partial charge in [-0.3, -0.25) is 0 Å². The summed E-state index contributed by atoms with van der Waals surface area (Å²) in [4.78, 5) is 51.1. The van der Waals surface area contributed by atoms with E-state index in [1.807, 2.05) is 0 Å². The maximum atomic E-state index is 8.52. The van der Waals surface area contributed by atoms with Crippen molar-refractivity contribution in [1.82, 2.24) is 0 Å². The summed E-state index contributed by atoms with van der Waals surface area (Å²) >= 11 is 0. The molecule has 0 aromatic heterocycles. The summed E-state index contributed by atoms with van der Waals surface area (Å²) in [5.74, 6) is 0. The molecule has 80 valence electrons. The average Bonchev–Trinajstić information content (AvgIpc) is 1.54. The summed E-state index contributed by atoms with van der Waals surface area (Å²) < 4.78 is 25.6. The van der Waals surface area contributed by atoms with Gasteiger partial charge in [0.2, 0.25) is 0 Å². The van der Waals surface area contributed by atoms with Crippen LogP contribution in [0.15, 0.2) is 0 Å². The van der Waals surface area contributed by atoms with Crippen molar-refractivity contribution < 1.29 is 47.6 Å². The van der Waals surface area contributed by atoms with Crippen LogP contribution in [0.5, 0.6) is 0 Å². The number of hydrogen-bond acceptors (Lipinski definition) is 9. The smallest absolute Gasteiger partial charge is 2.00 e. The van der Waals surface area contributed by atoms with Crippen molar-refractivity contribution in [3.8, 4) is 0 Å². The fraction of sp³-hybridized carbons (Fsp3) is 0. The first-order valence-electron chi connectivity index (χ1n) is 1.84. The fourth-order valence-corrected chi connectivity index (χ4v) is 0. The van der Waals surface area contributed by atoms with Crippen LogP contribution in [0.3, 0.4) is 0 Å². The maximum Gasteiger partial charge on any atom is 3.00 e.